The number of hydrogen-bond donors (Lipinski definition) is 1. The van der Waals surface area contributed by atoms with Gasteiger partial charge >= 0.3 is 0 Å². The van der Waals surface area contributed by atoms with Crippen LogP contribution in [0.1, 0.15) is 27.0 Å². The molecular formula is C15H18ClN3O4. The van der Waals surface area contributed by atoms with Gasteiger partial charge in [0.25, 0.3) is 0 Å². The molecule has 0 amide bonds. The number of aliphatic hydroxyl groups excluding tert-OH is 1. The van der Waals surface area contributed by atoms with Crippen LogP contribution in [0.3, 0.4) is 0 Å². The predicted octanol–water partition coefficient (Wildman–Crippen LogP) is 1.88. The zero-order chi connectivity index (χ0) is 16.4. The zero-order valence-corrected chi connectivity index (χ0v) is 13.8. The molecule has 2 aliphatic heterocycles. The van der Waals surface area contributed by atoms with Crippen LogP contribution in [0.25, 0.3) is 11.0 Å². The molecule has 0 aliphatic carbocycles. The van der Waals surface area contributed by atoms with Gasteiger partial charge in [0.1, 0.15) is 34.9 Å². The van der Waals surface area contributed by atoms with E-state index in [1.165, 1.54) is 6.33 Å². The Morgan fingerprint density at radius 2 is 2.13 bits per heavy atom. The Bertz CT molecular complexity index is 764. The van der Waals surface area contributed by atoms with Crippen molar-refractivity contribution < 1.29 is 19.3 Å². The first-order valence-electron chi connectivity index (χ1n) is 7.47. The first-order valence-corrected chi connectivity index (χ1v) is 7.85. The van der Waals surface area contributed by atoms with Crippen LogP contribution in [0.5, 0.6) is 0 Å². The van der Waals surface area contributed by atoms with E-state index in [1.54, 1.807) is 0 Å². The second kappa shape index (κ2) is 4.87. The Balaban J connectivity index is 1.81. The van der Waals surface area contributed by atoms with Gasteiger partial charge in [-0.1, -0.05) is 11.6 Å². The average molecular weight is 340 g/mol. The number of rotatable bonds is 2. The summed E-state index contributed by atoms with van der Waals surface area (Å²) in [5.74, 6) is -0.746. The van der Waals surface area contributed by atoms with E-state index in [4.69, 9.17) is 25.8 Å². The number of aromatic nitrogens is 3. The Morgan fingerprint density at radius 1 is 1.35 bits per heavy atom. The molecule has 2 aromatic heterocycles. The normalized spacial score (nSPS) is 35.8. The predicted molar refractivity (Wildman–Crippen MR) is 82.0 cm³/mol. The van der Waals surface area contributed by atoms with Crippen molar-refractivity contribution in [3.05, 3.63) is 23.7 Å². The SMILES string of the molecule is CC1(C)O[C@H]2C(n3ccc4c(Cl)ncnc43)O[C@H](CO)[C@@]2(C)O1. The number of hydrogen-bond acceptors (Lipinski definition) is 6. The van der Waals surface area contributed by atoms with Gasteiger partial charge in [0, 0.05) is 6.20 Å². The van der Waals surface area contributed by atoms with Crippen LogP contribution in [0.15, 0.2) is 18.6 Å². The number of halogens is 1. The van der Waals surface area contributed by atoms with Crippen LogP contribution < -0.4 is 0 Å². The van der Waals surface area contributed by atoms with Gasteiger partial charge in [-0.25, -0.2) is 9.97 Å². The van der Waals surface area contributed by atoms with E-state index in [-0.39, 0.29) is 12.7 Å². The van der Waals surface area contributed by atoms with Crippen molar-refractivity contribution >= 4 is 22.6 Å². The summed E-state index contributed by atoms with van der Waals surface area (Å²) in [6.45, 7) is 5.46. The lowest BCUT2D eigenvalue weighted by Gasteiger charge is -2.28. The highest BCUT2D eigenvalue weighted by molar-refractivity contribution is 6.33. The molecule has 2 saturated heterocycles. The largest absolute Gasteiger partial charge is 0.394 e. The maximum absolute atomic E-state index is 9.70. The fourth-order valence-electron chi connectivity index (χ4n) is 3.58. The summed E-state index contributed by atoms with van der Waals surface area (Å²) in [5, 5.41) is 10.8. The molecule has 7 nitrogen and oxygen atoms in total. The topological polar surface area (TPSA) is 78.6 Å². The first-order chi connectivity index (χ1) is 10.9. The van der Waals surface area contributed by atoms with Gasteiger partial charge in [0.2, 0.25) is 0 Å². The van der Waals surface area contributed by atoms with Gasteiger partial charge in [0.05, 0.1) is 12.0 Å². The lowest BCUT2D eigenvalue weighted by atomic mass is 9.95. The fourth-order valence-corrected chi connectivity index (χ4v) is 3.77. The highest BCUT2D eigenvalue weighted by Gasteiger charge is 2.63. The summed E-state index contributed by atoms with van der Waals surface area (Å²) >= 11 is 6.12. The molecule has 0 bridgehead atoms. The van der Waals surface area contributed by atoms with Crippen molar-refractivity contribution in [3.63, 3.8) is 0 Å². The molecule has 1 unspecified atom stereocenters. The van der Waals surface area contributed by atoms with Crippen LogP contribution in [0, 0.1) is 0 Å². The van der Waals surface area contributed by atoms with Crippen molar-refractivity contribution in [1.29, 1.82) is 0 Å². The first kappa shape index (κ1) is 15.3. The molecule has 1 N–H and O–H groups in total. The van der Waals surface area contributed by atoms with Gasteiger partial charge in [-0.05, 0) is 26.8 Å². The molecule has 0 spiro atoms. The number of ether oxygens (including phenoxy) is 3. The van der Waals surface area contributed by atoms with E-state index in [9.17, 15) is 5.11 Å². The molecule has 2 aliphatic rings. The van der Waals surface area contributed by atoms with Crippen LogP contribution in [0.4, 0.5) is 0 Å². The summed E-state index contributed by atoms with van der Waals surface area (Å²) in [4.78, 5) is 8.29. The summed E-state index contributed by atoms with van der Waals surface area (Å²) in [7, 11) is 0. The molecule has 0 saturated carbocycles. The second-order valence-electron chi connectivity index (χ2n) is 6.55. The monoisotopic (exact) mass is 339 g/mol. The van der Waals surface area contributed by atoms with E-state index in [0.717, 1.165) is 5.39 Å². The van der Waals surface area contributed by atoms with E-state index in [1.807, 2.05) is 37.6 Å². The Kier molecular flexibility index (Phi) is 3.24. The summed E-state index contributed by atoms with van der Waals surface area (Å²) in [5.41, 5.74) is -0.0830. The van der Waals surface area contributed by atoms with Crippen molar-refractivity contribution in [2.45, 2.75) is 50.6 Å². The number of aliphatic hydroxyl groups is 1. The maximum Gasteiger partial charge on any atom is 0.165 e. The molecule has 2 aromatic rings. The molecule has 124 valence electrons. The lowest BCUT2D eigenvalue weighted by Crippen LogP contribution is -2.45. The third kappa shape index (κ3) is 2.11. The number of nitrogens with zero attached hydrogens (tertiary/aromatic N) is 3. The van der Waals surface area contributed by atoms with Gasteiger partial charge in [-0.15, -0.1) is 0 Å². The Labute approximate surface area is 138 Å². The molecule has 0 aromatic carbocycles. The minimum absolute atomic E-state index is 0.155. The summed E-state index contributed by atoms with van der Waals surface area (Å²) < 4.78 is 20.0. The molecule has 8 heteroatoms. The Morgan fingerprint density at radius 3 is 2.87 bits per heavy atom. The standard InChI is InChI=1S/C15H18ClN3O4/c1-14(2)22-10-13(21-9(6-20)15(10,3)23-14)19-5-4-8-11(16)17-7-18-12(8)19/h4-5,7,9-10,13,20H,6H2,1-3H3/t9-,10+,13?,15-/m1/s1. The molecule has 23 heavy (non-hydrogen) atoms. The third-order valence-electron chi connectivity index (χ3n) is 4.54. The highest BCUT2D eigenvalue weighted by Crippen LogP contribution is 2.50. The molecule has 4 heterocycles. The summed E-state index contributed by atoms with van der Waals surface area (Å²) in [6, 6.07) is 1.84. The zero-order valence-electron chi connectivity index (χ0n) is 13.1. The van der Waals surface area contributed by atoms with Crippen LogP contribution in [-0.2, 0) is 14.2 Å². The molecular weight excluding hydrogens is 322 g/mol. The van der Waals surface area contributed by atoms with E-state index < -0.39 is 23.7 Å². The van der Waals surface area contributed by atoms with Gasteiger partial charge in [-0.2, -0.15) is 0 Å². The van der Waals surface area contributed by atoms with E-state index in [2.05, 4.69) is 9.97 Å². The molecule has 0 radical (unpaired) electrons. The molecule has 4 rings (SSSR count). The number of fused-ring (bicyclic) bond motifs is 2. The van der Waals surface area contributed by atoms with E-state index >= 15 is 0 Å². The van der Waals surface area contributed by atoms with Crippen LogP contribution in [-0.4, -0.2) is 49.8 Å². The quantitative estimate of drug-likeness (QED) is 0.842. The van der Waals surface area contributed by atoms with E-state index in [0.29, 0.717) is 10.8 Å². The van der Waals surface area contributed by atoms with Crippen LogP contribution in [0.2, 0.25) is 5.15 Å². The Hall–Kier alpha value is -1.25. The second-order valence-corrected chi connectivity index (χ2v) is 6.90. The van der Waals surface area contributed by atoms with Gasteiger partial charge in [-0.3, -0.25) is 0 Å². The van der Waals surface area contributed by atoms with Crippen molar-refractivity contribution in [2.75, 3.05) is 6.61 Å². The minimum Gasteiger partial charge on any atom is -0.394 e. The summed E-state index contributed by atoms with van der Waals surface area (Å²) in [6.07, 6.45) is 1.91. The van der Waals surface area contributed by atoms with Crippen LogP contribution >= 0.6 is 11.6 Å². The van der Waals surface area contributed by atoms with Crippen molar-refractivity contribution in [2.24, 2.45) is 0 Å². The maximum atomic E-state index is 9.70. The molecule has 2 fully saturated rings. The third-order valence-corrected chi connectivity index (χ3v) is 4.85. The van der Waals surface area contributed by atoms with Crippen molar-refractivity contribution in [1.82, 2.24) is 14.5 Å². The molecule has 4 atom stereocenters. The minimum atomic E-state index is -0.746. The average Bonchev–Trinajstić information content (AvgIpc) is 3.07. The smallest absolute Gasteiger partial charge is 0.165 e. The fraction of sp³-hybridized carbons (Fsp3) is 0.600. The highest BCUT2D eigenvalue weighted by atomic mass is 35.5. The van der Waals surface area contributed by atoms with Gasteiger partial charge < -0.3 is 23.9 Å². The lowest BCUT2D eigenvalue weighted by molar-refractivity contribution is -0.214. The van der Waals surface area contributed by atoms with Crippen molar-refractivity contribution in [3.8, 4) is 0 Å². The van der Waals surface area contributed by atoms with Gasteiger partial charge in [0.15, 0.2) is 12.0 Å².